The number of nitrogens with two attached hydrogens (primary N) is 1. The van der Waals surface area contributed by atoms with Crippen LogP contribution in [0.5, 0.6) is 0 Å². The summed E-state index contributed by atoms with van der Waals surface area (Å²) in [6, 6.07) is 11.8. The fourth-order valence-corrected chi connectivity index (χ4v) is 6.75. The zero-order chi connectivity index (χ0) is 29.6. The lowest BCUT2D eigenvalue weighted by molar-refractivity contribution is -0.123. The molecule has 4 N–H and O–H groups in total. The van der Waals surface area contributed by atoms with E-state index in [0.29, 0.717) is 11.3 Å². The van der Waals surface area contributed by atoms with Crippen LogP contribution < -0.4 is 21.3 Å². The summed E-state index contributed by atoms with van der Waals surface area (Å²) >= 11 is 0.847. The van der Waals surface area contributed by atoms with E-state index in [-0.39, 0.29) is 34.2 Å². The average molecular weight is 592 g/mol. The van der Waals surface area contributed by atoms with Gasteiger partial charge in [0, 0.05) is 17.8 Å². The van der Waals surface area contributed by atoms with E-state index in [4.69, 9.17) is 5.73 Å². The van der Waals surface area contributed by atoms with Gasteiger partial charge in [-0.05, 0) is 73.5 Å². The van der Waals surface area contributed by atoms with Crippen molar-refractivity contribution in [3.8, 4) is 0 Å². The van der Waals surface area contributed by atoms with Gasteiger partial charge in [0.25, 0.3) is 11.8 Å². The number of para-hydroxylation sites is 1. The van der Waals surface area contributed by atoms with Crippen LogP contribution >= 0.6 is 11.5 Å². The number of aromatic nitrogens is 1. The lowest BCUT2D eigenvalue weighted by Gasteiger charge is -2.34. The predicted octanol–water partition coefficient (Wildman–Crippen LogP) is 6.07. The van der Waals surface area contributed by atoms with E-state index in [2.05, 4.69) is 15.0 Å². The summed E-state index contributed by atoms with van der Waals surface area (Å²) in [7, 11) is 0. The highest BCUT2D eigenvalue weighted by Crippen LogP contribution is 2.35. The normalized spacial score (nSPS) is 16.9. The Labute approximate surface area is 250 Å². The van der Waals surface area contributed by atoms with Crippen molar-refractivity contribution in [2.45, 2.75) is 89.3 Å². The molecule has 2 saturated carbocycles. The molecule has 5 rings (SSSR count). The molecule has 2 aromatic carbocycles. The van der Waals surface area contributed by atoms with E-state index in [1.165, 1.54) is 29.2 Å². The largest absolute Gasteiger partial charge is 0.395 e. The van der Waals surface area contributed by atoms with Gasteiger partial charge >= 0.3 is 0 Å². The second kappa shape index (κ2) is 13.5. The molecule has 8 nitrogen and oxygen atoms in total. The number of halogens is 1. The van der Waals surface area contributed by atoms with Crippen molar-refractivity contribution < 1.29 is 18.8 Å². The van der Waals surface area contributed by atoms with Crippen LogP contribution in [-0.2, 0) is 4.79 Å². The first-order chi connectivity index (χ1) is 20.3. The first-order valence-corrected chi connectivity index (χ1v) is 15.6. The standard InChI is InChI=1S/C32H38FN5O3S/c1-20-10-8-9-15-25(20)38(28(21-16-18-22(33)19-17-21)31(40)36-24-13-6-3-7-14-24)32(41)29-26(34)27(37-42-29)30(39)35-23-11-4-2-5-12-23/h8-10,15-19,23-24,28H,2-7,11-14,34H2,1H3,(H,35,39)(H,36,40)/t28-/m1/s1. The lowest BCUT2D eigenvalue weighted by atomic mass is 9.94. The van der Waals surface area contributed by atoms with Crippen molar-refractivity contribution >= 4 is 40.6 Å². The highest BCUT2D eigenvalue weighted by atomic mass is 32.1. The molecule has 10 heteroatoms. The van der Waals surface area contributed by atoms with E-state index in [1.807, 2.05) is 19.1 Å². The molecule has 1 atom stereocenters. The Kier molecular flexibility index (Phi) is 9.51. The number of benzene rings is 2. The Bertz CT molecular complexity index is 1410. The number of rotatable bonds is 8. The maximum atomic E-state index is 14.5. The van der Waals surface area contributed by atoms with Crippen LogP contribution in [0, 0.1) is 12.7 Å². The third-order valence-corrected chi connectivity index (χ3v) is 9.17. The highest BCUT2D eigenvalue weighted by Gasteiger charge is 2.37. The molecule has 0 unspecified atom stereocenters. The van der Waals surface area contributed by atoms with E-state index >= 15 is 0 Å². The second-order valence-corrected chi connectivity index (χ2v) is 12.1. The number of nitrogen functional groups attached to an aromatic ring is 1. The molecule has 3 amide bonds. The van der Waals surface area contributed by atoms with Crippen molar-refractivity contribution in [2.75, 3.05) is 10.6 Å². The van der Waals surface area contributed by atoms with Gasteiger partial charge in [0.15, 0.2) is 5.69 Å². The number of nitrogens with zero attached hydrogens (tertiary/aromatic N) is 2. The molecule has 0 radical (unpaired) electrons. The molecule has 0 spiro atoms. The van der Waals surface area contributed by atoms with Crippen molar-refractivity contribution in [3.63, 3.8) is 0 Å². The molecule has 1 heterocycles. The van der Waals surface area contributed by atoms with Gasteiger partial charge in [0.05, 0.1) is 5.69 Å². The zero-order valence-corrected chi connectivity index (χ0v) is 24.7. The molecular weight excluding hydrogens is 553 g/mol. The maximum absolute atomic E-state index is 14.5. The van der Waals surface area contributed by atoms with Crippen molar-refractivity contribution in [1.29, 1.82) is 0 Å². The fourth-order valence-electron chi connectivity index (χ4n) is 6.01. The van der Waals surface area contributed by atoms with E-state index < -0.39 is 23.7 Å². The van der Waals surface area contributed by atoms with Crippen LogP contribution in [0.25, 0.3) is 0 Å². The highest BCUT2D eigenvalue weighted by molar-refractivity contribution is 7.09. The molecule has 3 aromatic rings. The van der Waals surface area contributed by atoms with Gasteiger partial charge in [-0.1, -0.05) is 68.9 Å². The van der Waals surface area contributed by atoms with Crippen LogP contribution in [0.1, 0.15) is 102 Å². The Morgan fingerprint density at radius 2 is 1.50 bits per heavy atom. The topological polar surface area (TPSA) is 117 Å². The molecule has 2 fully saturated rings. The maximum Gasteiger partial charge on any atom is 0.273 e. The number of hydrogen-bond acceptors (Lipinski definition) is 6. The molecule has 2 aliphatic rings. The molecular formula is C32H38FN5O3S. The third-order valence-electron chi connectivity index (χ3n) is 8.32. The molecule has 0 aliphatic heterocycles. The van der Waals surface area contributed by atoms with E-state index in [1.54, 1.807) is 12.1 Å². The second-order valence-electron chi connectivity index (χ2n) is 11.3. The van der Waals surface area contributed by atoms with Gasteiger partial charge in [0.1, 0.15) is 16.7 Å². The van der Waals surface area contributed by atoms with Gasteiger partial charge in [-0.3, -0.25) is 19.3 Å². The number of anilines is 2. The molecule has 1 aromatic heterocycles. The number of carbonyl (C=O) groups is 3. The van der Waals surface area contributed by atoms with Gasteiger partial charge in [-0.2, -0.15) is 4.37 Å². The van der Waals surface area contributed by atoms with Gasteiger partial charge in [0.2, 0.25) is 5.91 Å². The summed E-state index contributed by atoms with van der Waals surface area (Å²) in [5.74, 6) is -1.76. The number of carbonyl (C=O) groups excluding carboxylic acids is 3. The van der Waals surface area contributed by atoms with E-state index in [0.717, 1.165) is 81.3 Å². The van der Waals surface area contributed by atoms with Gasteiger partial charge in [-0.25, -0.2) is 4.39 Å². The monoisotopic (exact) mass is 591 g/mol. The number of amides is 3. The molecule has 0 saturated heterocycles. The van der Waals surface area contributed by atoms with Crippen LogP contribution in [0.15, 0.2) is 48.5 Å². The van der Waals surface area contributed by atoms with Crippen molar-refractivity contribution in [3.05, 3.63) is 76.0 Å². The average Bonchev–Trinajstić information content (AvgIpc) is 3.39. The molecule has 42 heavy (non-hydrogen) atoms. The van der Waals surface area contributed by atoms with Crippen molar-refractivity contribution in [1.82, 2.24) is 15.0 Å². The first-order valence-electron chi connectivity index (χ1n) is 14.8. The third kappa shape index (κ3) is 6.64. The van der Waals surface area contributed by atoms with Gasteiger partial charge in [-0.15, -0.1) is 0 Å². The summed E-state index contributed by atoms with van der Waals surface area (Å²) in [6.45, 7) is 1.86. The molecule has 0 bridgehead atoms. The Hall–Kier alpha value is -3.79. The quantitative estimate of drug-likeness (QED) is 0.294. The smallest absolute Gasteiger partial charge is 0.273 e. The zero-order valence-electron chi connectivity index (χ0n) is 23.9. The Morgan fingerprint density at radius 3 is 2.12 bits per heavy atom. The lowest BCUT2D eigenvalue weighted by Crippen LogP contribution is -2.47. The van der Waals surface area contributed by atoms with Crippen LogP contribution in [0.2, 0.25) is 0 Å². The molecule has 2 aliphatic carbocycles. The summed E-state index contributed by atoms with van der Waals surface area (Å²) in [4.78, 5) is 43.1. The van der Waals surface area contributed by atoms with Gasteiger partial charge < -0.3 is 16.4 Å². The summed E-state index contributed by atoms with van der Waals surface area (Å²) in [5, 5.41) is 6.17. The Balaban J connectivity index is 1.53. The molecule has 222 valence electrons. The van der Waals surface area contributed by atoms with Crippen molar-refractivity contribution in [2.24, 2.45) is 0 Å². The summed E-state index contributed by atoms with van der Waals surface area (Å²) in [6.07, 6.45) is 9.97. The first kappa shape index (κ1) is 29.7. The minimum atomic E-state index is -1.11. The van der Waals surface area contributed by atoms with Crippen LogP contribution in [0.4, 0.5) is 15.8 Å². The SMILES string of the molecule is Cc1ccccc1N(C(=O)c1snc(C(=O)NC2CCCCC2)c1N)[C@@H](C(=O)NC1CCCCC1)c1ccc(F)cc1. The number of hydrogen-bond donors (Lipinski definition) is 3. The van der Waals surface area contributed by atoms with Crippen LogP contribution in [0.3, 0.4) is 0 Å². The van der Waals surface area contributed by atoms with Crippen LogP contribution in [-0.4, -0.2) is 34.2 Å². The fraction of sp³-hybridized carbons (Fsp3) is 0.438. The minimum absolute atomic E-state index is 0.00780. The predicted molar refractivity (Wildman–Crippen MR) is 163 cm³/mol. The number of aryl methyl sites for hydroxylation is 1. The minimum Gasteiger partial charge on any atom is -0.395 e. The Morgan fingerprint density at radius 1 is 0.905 bits per heavy atom. The van der Waals surface area contributed by atoms with E-state index in [9.17, 15) is 18.8 Å². The number of nitrogens with one attached hydrogen (secondary N) is 2. The summed E-state index contributed by atoms with van der Waals surface area (Å²) < 4.78 is 18.3. The summed E-state index contributed by atoms with van der Waals surface area (Å²) in [5.41, 5.74) is 8.18.